The Morgan fingerprint density at radius 3 is 2.71 bits per heavy atom. The molecular weight excluding hydrogens is 326 g/mol. The van der Waals surface area contributed by atoms with Crippen molar-refractivity contribution in [3.63, 3.8) is 0 Å². The first-order chi connectivity index (χ1) is 11.6. The van der Waals surface area contributed by atoms with Gasteiger partial charge in [0.05, 0.1) is 5.41 Å². The van der Waals surface area contributed by atoms with E-state index in [1.165, 1.54) is 6.42 Å². The highest BCUT2D eigenvalue weighted by Gasteiger charge is 2.52. The van der Waals surface area contributed by atoms with E-state index in [0.29, 0.717) is 5.15 Å². The summed E-state index contributed by atoms with van der Waals surface area (Å²) in [5.74, 6) is 0.0677. The second-order valence-corrected chi connectivity index (χ2v) is 7.71. The van der Waals surface area contributed by atoms with Gasteiger partial charge in [0.1, 0.15) is 11.3 Å². The van der Waals surface area contributed by atoms with Gasteiger partial charge in [0, 0.05) is 51.0 Å². The standard InChI is InChI=1S/C18H24ClN3O2/c19-16-12-14(2-6-20-16)22-10-8-21(9-11-22)7-3-15-13-18(4-1-5-18)17(23)24-15/h2,6,12,15H,1,3-5,7-11,13H2/t15-/m0/s1. The van der Waals surface area contributed by atoms with Crippen LogP contribution in [0.2, 0.25) is 5.15 Å². The van der Waals surface area contributed by atoms with Crippen LogP contribution < -0.4 is 4.90 Å². The van der Waals surface area contributed by atoms with Crippen LogP contribution >= 0.6 is 11.6 Å². The Morgan fingerprint density at radius 1 is 1.29 bits per heavy atom. The van der Waals surface area contributed by atoms with E-state index in [4.69, 9.17) is 16.3 Å². The summed E-state index contributed by atoms with van der Waals surface area (Å²) in [6.45, 7) is 5.07. The second-order valence-electron chi connectivity index (χ2n) is 7.32. The first kappa shape index (κ1) is 16.2. The van der Waals surface area contributed by atoms with Gasteiger partial charge in [0.2, 0.25) is 0 Å². The molecule has 3 heterocycles. The van der Waals surface area contributed by atoms with Gasteiger partial charge in [-0.1, -0.05) is 18.0 Å². The molecular formula is C18H24ClN3O2. The highest BCUT2D eigenvalue weighted by molar-refractivity contribution is 6.29. The third-order valence-corrected chi connectivity index (χ3v) is 6.06. The van der Waals surface area contributed by atoms with Crippen molar-refractivity contribution in [1.29, 1.82) is 0 Å². The van der Waals surface area contributed by atoms with Crippen molar-refractivity contribution in [2.24, 2.45) is 5.41 Å². The fourth-order valence-electron chi connectivity index (χ4n) is 4.16. The van der Waals surface area contributed by atoms with Gasteiger partial charge in [0.25, 0.3) is 0 Å². The largest absolute Gasteiger partial charge is 0.462 e. The van der Waals surface area contributed by atoms with Gasteiger partial charge < -0.3 is 9.64 Å². The van der Waals surface area contributed by atoms with Crippen molar-refractivity contribution in [3.05, 3.63) is 23.5 Å². The Morgan fingerprint density at radius 2 is 2.08 bits per heavy atom. The van der Waals surface area contributed by atoms with Gasteiger partial charge in [-0.3, -0.25) is 9.69 Å². The molecule has 0 amide bonds. The van der Waals surface area contributed by atoms with E-state index < -0.39 is 0 Å². The molecule has 3 aliphatic rings. The first-order valence-corrected chi connectivity index (χ1v) is 9.32. The van der Waals surface area contributed by atoms with Crippen LogP contribution in [0, 0.1) is 5.41 Å². The minimum absolute atomic E-state index is 0.0677. The molecule has 1 saturated carbocycles. The molecule has 0 N–H and O–H groups in total. The Bertz CT molecular complexity index is 612. The quantitative estimate of drug-likeness (QED) is 0.618. The highest BCUT2D eigenvalue weighted by atomic mass is 35.5. The van der Waals surface area contributed by atoms with Crippen LogP contribution in [-0.2, 0) is 9.53 Å². The number of carbonyl (C=O) groups excluding carboxylic acids is 1. The summed E-state index contributed by atoms with van der Waals surface area (Å²) < 4.78 is 5.62. The summed E-state index contributed by atoms with van der Waals surface area (Å²) in [5.41, 5.74) is 1.05. The highest BCUT2D eigenvalue weighted by Crippen LogP contribution is 2.50. The molecule has 1 aromatic heterocycles. The number of halogens is 1. The van der Waals surface area contributed by atoms with E-state index in [-0.39, 0.29) is 17.5 Å². The molecule has 6 heteroatoms. The molecule has 2 aliphatic heterocycles. The van der Waals surface area contributed by atoms with Crippen LogP contribution in [0.1, 0.15) is 32.1 Å². The van der Waals surface area contributed by atoms with Crippen molar-refractivity contribution in [1.82, 2.24) is 9.88 Å². The lowest BCUT2D eigenvalue weighted by Crippen LogP contribution is -2.47. The Hall–Kier alpha value is -1.33. The number of nitrogens with zero attached hydrogens (tertiary/aromatic N) is 3. The smallest absolute Gasteiger partial charge is 0.312 e. The van der Waals surface area contributed by atoms with Crippen LogP contribution in [0.5, 0.6) is 0 Å². The van der Waals surface area contributed by atoms with E-state index in [2.05, 4.69) is 14.8 Å². The lowest BCUT2D eigenvalue weighted by atomic mass is 9.67. The summed E-state index contributed by atoms with van der Waals surface area (Å²) in [7, 11) is 0. The molecule has 0 unspecified atom stereocenters. The van der Waals surface area contributed by atoms with E-state index >= 15 is 0 Å². The van der Waals surface area contributed by atoms with E-state index in [1.807, 2.05) is 12.1 Å². The molecule has 0 radical (unpaired) electrons. The van der Waals surface area contributed by atoms with Crippen molar-refractivity contribution in [2.75, 3.05) is 37.6 Å². The zero-order valence-electron chi connectivity index (χ0n) is 13.9. The van der Waals surface area contributed by atoms with E-state index in [0.717, 1.165) is 64.1 Å². The zero-order chi connectivity index (χ0) is 16.6. The van der Waals surface area contributed by atoms with Crippen LogP contribution in [0.4, 0.5) is 5.69 Å². The number of hydrogen-bond acceptors (Lipinski definition) is 5. The predicted molar refractivity (Wildman–Crippen MR) is 93.3 cm³/mol. The Labute approximate surface area is 147 Å². The minimum Gasteiger partial charge on any atom is -0.462 e. The summed E-state index contributed by atoms with van der Waals surface area (Å²) in [4.78, 5) is 20.9. The monoisotopic (exact) mass is 349 g/mol. The molecule has 5 nitrogen and oxygen atoms in total. The van der Waals surface area contributed by atoms with Crippen molar-refractivity contribution in [2.45, 2.75) is 38.2 Å². The predicted octanol–water partition coefficient (Wildman–Crippen LogP) is 2.73. The van der Waals surface area contributed by atoms with Gasteiger partial charge in [-0.25, -0.2) is 4.98 Å². The van der Waals surface area contributed by atoms with Gasteiger partial charge in [-0.2, -0.15) is 0 Å². The number of anilines is 1. The normalized spacial score (nSPS) is 26.5. The van der Waals surface area contributed by atoms with Crippen LogP contribution in [-0.4, -0.2) is 54.7 Å². The maximum Gasteiger partial charge on any atom is 0.312 e. The molecule has 3 fully saturated rings. The third-order valence-electron chi connectivity index (χ3n) is 5.85. The molecule has 1 aliphatic carbocycles. The van der Waals surface area contributed by atoms with E-state index in [1.54, 1.807) is 6.20 Å². The molecule has 1 spiro atoms. The fraction of sp³-hybridized carbons (Fsp3) is 0.667. The number of aromatic nitrogens is 1. The maximum absolute atomic E-state index is 12.0. The number of rotatable bonds is 4. The number of pyridine rings is 1. The lowest BCUT2D eigenvalue weighted by Gasteiger charge is -2.36. The molecule has 1 atom stereocenters. The summed E-state index contributed by atoms with van der Waals surface area (Å²) >= 11 is 5.98. The lowest BCUT2D eigenvalue weighted by molar-refractivity contribution is -0.152. The number of hydrogen-bond donors (Lipinski definition) is 0. The molecule has 0 bridgehead atoms. The fourth-order valence-corrected chi connectivity index (χ4v) is 4.32. The van der Waals surface area contributed by atoms with Gasteiger partial charge in [0.15, 0.2) is 0 Å². The first-order valence-electron chi connectivity index (χ1n) is 8.95. The third kappa shape index (κ3) is 3.11. The minimum atomic E-state index is -0.0933. The number of esters is 1. The zero-order valence-corrected chi connectivity index (χ0v) is 14.7. The Kier molecular flexibility index (Phi) is 4.39. The molecule has 1 aromatic rings. The second kappa shape index (κ2) is 6.52. The van der Waals surface area contributed by atoms with Crippen LogP contribution in [0.15, 0.2) is 18.3 Å². The number of piperazine rings is 1. The average Bonchev–Trinajstić information content (AvgIpc) is 2.90. The van der Waals surface area contributed by atoms with Crippen LogP contribution in [0.3, 0.4) is 0 Å². The molecule has 4 rings (SSSR count). The molecule has 0 aromatic carbocycles. The van der Waals surface area contributed by atoms with Gasteiger partial charge >= 0.3 is 5.97 Å². The number of cyclic esters (lactones) is 1. The van der Waals surface area contributed by atoms with Crippen molar-refractivity contribution in [3.8, 4) is 0 Å². The average molecular weight is 350 g/mol. The summed E-state index contributed by atoms with van der Waals surface area (Å²) in [6, 6.07) is 3.94. The molecule has 24 heavy (non-hydrogen) atoms. The van der Waals surface area contributed by atoms with Crippen molar-refractivity contribution >= 4 is 23.3 Å². The van der Waals surface area contributed by atoms with Crippen molar-refractivity contribution < 1.29 is 9.53 Å². The number of carbonyl (C=O) groups is 1. The maximum atomic E-state index is 12.0. The molecule has 130 valence electrons. The van der Waals surface area contributed by atoms with Crippen LogP contribution in [0.25, 0.3) is 0 Å². The Balaban J connectivity index is 1.23. The SMILES string of the molecule is O=C1O[C@@H](CCN2CCN(c3ccnc(Cl)c3)CC2)CC12CCC2. The van der Waals surface area contributed by atoms with Gasteiger partial charge in [-0.15, -0.1) is 0 Å². The topological polar surface area (TPSA) is 45.7 Å². The van der Waals surface area contributed by atoms with E-state index in [9.17, 15) is 4.79 Å². The summed E-state index contributed by atoms with van der Waals surface area (Å²) in [5, 5.41) is 0.544. The molecule has 2 saturated heterocycles. The number of ether oxygens (including phenoxy) is 1. The van der Waals surface area contributed by atoms with Gasteiger partial charge in [-0.05, 0) is 31.4 Å². The summed E-state index contributed by atoms with van der Waals surface area (Å²) in [6.07, 6.45) is 7.06.